The van der Waals surface area contributed by atoms with Gasteiger partial charge in [0, 0.05) is 44.9 Å². The van der Waals surface area contributed by atoms with Gasteiger partial charge in [-0.05, 0) is 54.1 Å². The number of esters is 1. The van der Waals surface area contributed by atoms with Gasteiger partial charge in [-0.2, -0.15) is 5.26 Å². The van der Waals surface area contributed by atoms with Crippen molar-refractivity contribution in [1.29, 1.82) is 5.26 Å². The Balaban J connectivity index is 0.000000311. The molecule has 9 heteroatoms. The Morgan fingerprint density at radius 1 is 0.872 bits per heavy atom. The summed E-state index contributed by atoms with van der Waals surface area (Å²) in [4.78, 5) is 33.8. The zero-order chi connectivity index (χ0) is 27.8. The molecule has 0 amide bonds. The van der Waals surface area contributed by atoms with Crippen LogP contribution in [0.2, 0.25) is 0 Å². The molecule has 0 aliphatic rings. The van der Waals surface area contributed by atoms with Crippen LogP contribution in [0.15, 0.2) is 107 Å². The first kappa shape index (κ1) is 32.8. The van der Waals surface area contributed by atoms with Crippen LogP contribution in [0.5, 0.6) is 0 Å². The number of halogens is 2. The molecule has 0 saturated carbocycles. The van der Waals surface area contributed by atoms with E-state index in [1.165, 1.54) is 7.11 Å². The predicted octanol–water partition coefficient (Wildman–Crippen LogP) is 7.71. The second kappa shape index (κ2) is 18.1. The van der Waals surface area contributed by atoms with Gasteiger partial charge in [0.15, 0.2) is 5.78 Å². The molecular formula is C30H26Br2N4O3. The van der Waals surface area contributed by atoms with E-state index in [0.717, 1.165) is 14.5 Å². The van der Waals surface area contributed by atoms with Gasteiger partial charge in [0.2, 0.25) is 6.54 Å². The van der Waals surface area contributed by atoms with Crippen molar-refractivity contribution in [2.24, 2.45) is 0 Å². The van der Waals surface area contributed by atoms with Crippen LogP contribution in [-0.4, -0.2) is 28.8 Å². The number of hydrogen-bond acceptors (Lipinski definition) is 6. The first-order chi connectivity index (χ1) is 18.4. The smallest absolute Gasteiger partial charge is 0.337 e. The molecule has 1 atom stereocenters. The van der Waals surface area contributed by atoms with E-state index < -0.39 is 5.92 Å². The third-order valence-electron chi connectivity index (χ3n) is 4.84. The third kappa shape index (κ3) is 11.4. The van der Waals surface area contributed by atoms with E-state index in [1.807, 2.05) is 36.4 Å². The molecule has 1 unspecified atom stereocenters. The summed E-state index contributed by atoms with van der Waals surface area (Å²) in [6, 6.07) is 23.5. The van der Waals surface area contributed by atoms with Gasteiger partial charge in [-0.1, -0.05) is 63.6 Å². The van der Waals surface area contributed by atoms with Crippen LogP contribution in [0, 0.1) is 17.9 Å². The number of carbonyl (C=O) groups excluding carboxylic acids is 2. The lowest BCUT2D eigenvalue weighted by atomic mass is 9.92. The third-order valence-corrected chi connectivity index (χ3v) is 5.89. The van der Waals surface area contributed by atoms with Crippen LogP contribution >= 0.6 is 31.9 Å². The lowest BCUT2D eigenvalue weighted by Crippen LogP contribution is -2.11. The molecule has 39 heavy (non-hydrogen) atoms. The number of rotatable bonds is 5. The van der Waals surface area contributed by atoms with E-state index in [0.29, 0.717) is 23.2 Å². The van der Waals surface area contributed by atoms with Crippen LogP contribution in [-0.2, 0) is 11.3 Å². The molecule has 0 fully saturated rings. The van der Waals surface area contributed by atoms with Crippen molar-refractivity contribution in [3.63, 3.8) is 0 Å². The molecule has 2 heterocycles. The van der Waals surface area contributed by atoms with Gasteiger partial charge in [0.05, 0.1) is 18.7 Å². The van der Waals surface area contributed by atoms with Crippen LogP contribution < -0.4 is 0 Å². The van der Waals surface area contributed by atoms with Crippen LogP contribution in [0.3, 0.4) is 0 Å². The lowest BCUT2D eigenvalue weighted by molar-refractivity contribution is 0.0600. The fourth-order valence-electron chi connectivity index (χ4n) is 2.91. The predicted molar refractivity (Wildman–Crippen MR) is 158 cm³/mol. The maximum Gasteiger partial charge on any atom is 0.337 e. The van der Waals surface area contributed by atoms with Gasteiger partial charge >= 0.3 is 5.97 Å². The SMILES string of the molecule is C.COC(=O)c1ccncc1.N#CC(C(=O)c1ccncc1)c1ccc(Br)cc1.[C-]#[N+]Cc1ccc(Br)cc1. The maximum absolute atomic E-state index is 12.2. The Kier molecular flexibility index (Phi) is 15.3. The molecule has 0 aliphatic heterocycles. The minimum Gasteiger partial charge on any atom is -0.465 e. The monoisotopic (exact) mass is 648 g/mol. The molecule has 2 aromatic heterocycles. The number of nitriles is 1. The number of ether oxygens (including phenoxy) is 1. The lowest BCUT2D eigenvalue weighted by Gasteiger charge is -2.08. The zero-order valence-corrected chi connectivity index (χ0v) is 23.5. The maximum atomic E-state index is 12.2. The van der Waals surface area contributed by atoms with Crippen molar-refractivity contribution in [3.8, 4) is 6.07 Å². The number of carbonyl (C=O) groups is 2. The van der Waals surface area contributed by atoms with Gasteiger partial charge in [-0.25, -0.2) is 11.4 Å². The van der Waals surface area contributed by atoms with E-state index in [4.69, 9.17) is 6.57 Å². The highest BCUT2D eigenvalue weighted by atomic mass is 79.9. The Morgan fingerprint density at radius 2 is 1.33 bits per heavy atom. The molecule has 4 aromatic rings. The minimum absolute atomic E-state index is 0. The molecule has 7 nitrogen and oxygen atoms in total. The number of nitrogens with zero attached hydrogens (tertiary/aromatic N) is 4. The Morgan fingerprint density at radius 3 is 1.77 bits per heavy atom. The van der Waals surface area contributed by atoms with Crippen LogP contribution in [0.1, 0.15) is 45.2 Å². The van der Waals surface area contributed by atoms with Crippen molar-refractivity contribution in [1.82, 2.24) is 9.97 Å². The van der Waals surface area contributed by atoms with Crippen molar-refractivity contribution in [2.75, 3.05) is 7.11 Å². The van der Waals surface area contributed by atoms with Gasteiger partial charge < -0.3 is 9.58 Å². The molecule has 0 radical (unpaired) electrons. The summed E-state index contributed by atoms with van der Waals surface area (Å²) in [7, 11) is 1.35. The molecule has 4 rings (SSSR count). The van der Waals surface area contributed by atoms with Gasteiger partial charge in [0.25, 0.3) is 0 Å². The summed E-state index contributed by atoms with van der Waals surface area (Å²) in [5.41, 5.74) is 2.79. The summed E-state index contributed by atoms with van der Waals surface area (Å²) < 4.78 is 6.44. The fraction of sp³-hybridized carbons (Fsp3) is 0.133. The fourth-order valence-corrected chi connectivity index (χ4v) is 3.44. The van der Waals surface area contributed by atoms with E-state index in [1.54, 1.807) is 61.2 Å². The molecular weight excluding hydrogens is 624 g/mol. The number of Topliss-reactive ketones (excluding diaryl/α,β-unsaturated/α-hetero) is 1. The van der Waals surface area contributed by atoms with E-state index in [9.17, 15) is 14.9 Å². The van der Waals surface area contributed by atoms with Gasteiger partial charge in [0.1, 0.15) is 5.92 Å². The topological polar surface area (TPSA) is 97.3 Å². The van der Waals surface area contributed by atoms with Crippen molar-refractivity contribution >= 4 is 43.6 Å². The number of hydrogen-bond donors (Lipinski definition) is 0. The normalized spacial score (nSPS) is 9.87. The minimum atomic E-state index is -0.777. The summed E-state index contributed by atoms with van der Waals surface area (Å²) in [5.74, 6) is -1.31. The largest absolute Gasteiger partial charge is 0.465 e. The Hall–Kier alpha value is -4.18. The van der Waals surface area contributed by atoms with Crippen LogP contribution in [0.25, 0.3) is 4.85 Å². The summed E-state index contributed by atoms with van der Waals surface area (Å²) in [6.45, 7) is 7.09. The van der Waals surface area contributed by atoms with Crippen molar-refractivity contribution in [3.05, 3.63) is 140 Å². The van der Waals surface area contributed by atoms with Crippen molar-refractivity contribution in [2.45, 2.75) is 19.9 Å². The number of ketones is 1. The molecule has 0 spiro atoms. The Labute approximate surface area is 245 Å². The first-order valence-corrected chi connectivity index (χ1v) is 12.6. The molecule has 0 N–H and O–H groups in total. The highest BCUT2D eigenvalue weighted by Gasteiger charge is 2.21. The average molecular weight is 650 g/mol. The standard InChI is InChI=1S/C14H9BrN2O.C8H6BrN.C7H7NO2.CH4/c15-12-3-1-10(2-4-12)13(9-16)14(18)11-5-7-17-8-6-11;1-10-6-7-2-4-8(9)5-3-7;1-10-7(9)6-2-4-8-5-3-6;/h1-8,13H;2-5H,6H2;2-5H,1H3;1H4. The second-order valence-electron chi connectivity index (χ2n) is 7.38. The van der Waals surface area contributed by atoms with E-state index in [2.05, 4.69) is 57.5 Å². The van der Waals surface area contributed by atoms with Crippen molar-refractivity contribution < 1.29 is 14.3 Å². The van der Waals surface area contributed by atoms with E-state index in [-0.39, 0.29) is 19.2 Å². The van der Waals surface area contributed by atoms with E-state index >= 15 is 0 Å². The summed E-state index contributed by atoms with van der Waals surface area (Å²) in [6.07, 6.45) is 6.19. The Bertz CT molecular complexity index is 1390. The molecule has 0 aliphatic carbocycles. The van der Waals surface area contributed by atoms with Gasteiger partial charge in [-0.15, -0.1) is 0 Å². The van der Waals surface area contributed by atoms with Crippen LogP contribution in [0.4, 0.5) is 0 Å². The number of benzene rings is 2. The molecule has 198 valence electrons. The second-order valence-corrected chi connectivity index (χ2v) is 9.22. The molecule has 0 saturated heterocycles. The average Bonchev–Trinajstić information content (AvgIpc) is 2.97. The zero-order valence-electron chi connectivity index (χ0n) is 20.3. The quantitative estimate of drug-likeness (QED) is 0.125. The number of methoxy groups -OCH3 is 1. The molecule has 2 aromatic carbocycles. The first-order valence-electron chi connectivity index (χ1n) is 11.0. The summed E-state index contributed by atoms with van der Waals surface area (Å²) >= 11 is 6.64. The number of pyridine rings is 2. The van der Waals surface area contributed by atoms with Gasteiger partial charge in [-0.3, -0.25) is 14.8 Å². The molecule has 0 bridgehead atoms. The summed E-state index contributed by atoms with van der Waals surface area (Å²) in [5, 5.41) is 9.18. The highest BCUT2D eigenvalue weighted by Crippen LogP contribution is 2.22. The highest BCUT2D eigenvalue weighted by molar-refractivity contribution is 9.10. The number of aromatic nitrogens is 2.